The molecule has 4 N–H and O–H groups in total. The van der Waals surface area contributed by atoms with Crippen molar-refractivity contribution in [1.29, 1.82) is 0 Å². The van der Waals surface area contributed by atoms with Gasteiger partial charge >= 0.3 is 16.8 Å². The van der Waals surface area contributed by atoms with E-state index in [2.05, 4.69) is 15.7 Å². The molecular formula is C14H29CoN5O4. The summed E-state index contributed by atoms with van der Waals surface area (Å²) in [7, 11) is 0. The van der Waals surface area contributed by atoms with Gasteiger partial charge in [-0.1, -0.05) is 19.3 Å². The minimum Gasteiger partial charge on any atom is -0.662 e. The van der Waals surface area contributed by atoms with E-state index in [4.69, 9.17) is 10.4 Å². The standard InChI is InChI=1S/C5H10N.2C4H8N2O2.CH3.Co/c1-2-4-6-5-3-1;2*1-3(5-7)4(2)6-8;;/h1-5H2;2*5,7H,1-2H3;1H3;/q-1;;;-1;+2/b;2*4-3-;;. The van der Waals surface area contributed by atoms with Gasteiger partial charge in [0.05, 0.1) is 11.4 Å². The quantitative estimate of drug-likeness (QED) is 0.326. The van der Waals surface area contributed by atoms with Crippen molar-refractivity contribution in [2.75, 3.05) is 13.1 Å². The van der Waals surface area contributed by atoms with Gasteiger partial charge in [0.2, 0.25) is 0 Å². The van der Waals surface area contributed by atoms with Crippen LogP contribution in [0.3, 0.4) is 0 Å². The molecule has 0 atom stereocenters. The molecule has 0 saturated carbocycles. The van der Waals surface area contributed by atoms with E-state index in [1.54, 1.807) is 24.8 Å². The number of nitrogens with one attached hydrogen (secondary N) is 2. The number of nitrogens with zero attached hydrogens (tertiary/aromatic N) is 3. The first-order valence-corrected chi connectivity index (χ1v) is 6.89. The molecule has 1 aliphatic heterocycles. The Bertz CT molecular complexity index is 344. The molecule has 0 amide bonds. The minimum absolute atomic E-state index is 0. The molecule has 1 saturated heterocycles. The SMILES string of the molecule is C/C(N=O)=C(\C)NO.C/C(N=O)=C(\C)NO.C1CC[N-]CC1.[CH3-].[Co+2]. The molecule has 0 aromatic rings. The number of hydrogen-bond donors (Lipinski definition) is 4. The van der Waals surface area contributed by atoms with E-state index in [0.717, 1.165) is 13.1 Å². The molecule has 10 heteroatoms. The monoisotopic (exact) mass is 390 g/mol. The van der Waals surface area contributed by atoms with E-state index >= 15 is 0 Å². The summed E-state index contributed by atoms with van der Waals surface area (Å²) in [5.41, 5.74) is 4.87. The van der Waals surface area contributed by atoms with Crippen molar-refractivity contribution in [1.82, 2.24) is 11.0 Å². The van der Waals surface area contributed by atoms with Gasteiger partial charge in [-0.15, -0.1) is 22.9 Å². The van der Waals surface area contributed by atoms with Gasteiger partial charge in [0.1, 0.15) is 11.4 Å². The molecule has 1 rings (SSSR count). The van der Waals surface area contributed by atoms with Crippen LogP contribution in [0.5, 0.6) is 0 Å². The third-order valence-electron chi connectivity index (χ3n) is 2.83. The zero-order valence-electron chi connectivity index (χ0n) is 14.9. The van der Waals surface area contributed by atoms with E-state index in [1.807, 2.05) is 0 Å². The van der Waals surface area contributed by atoms with Crippen LogP contribution in [-0.4, -0.2) is 23.5 Å². The van der Waals surface area contributed by atoms with Crippen LogP contribution in [0.25, 0.3) is 5.32 Å². The Balaban J connectivity index is -0.000000121. The average Bonchev–Trinajstić information content (AvgIpc) is 2.61. The Hall–Kier alpha value is -1.33. The molecule has 0 bridgehead atoms. The van der Waals surface area contributed by atoms with E-state index in [0.29, 0.717) is 11.4 Å². The van der Waals surface area contributed by atoms with Crippen molar-refractivity contribution >= 4 is 0 Å². The van der Waals surface area contributed by atoms with Gasteiger partial charge in [-0.25, -0.2) is 0 Å². The molecule has 0 unspecified atom stereocenters. The van der Waals surface area contributed by atoms with E-state index < -0.39 is 0 Å². The molecule has 0 aromatic heterocycles. The largest absolute Gasteiger partial charge is 2.00 e. The first-order chi connectivity index (χ1) is 10.4. The molecule has 1 fully saturated rings. The van der Waals surface area contributed by atoms with Crippen molar-refractivity contribution in [3.8, 4) is 0 Å². The summed E-state index contributed by atoms with van der Waals surface area (Å²) in [6.45, 7) is 8.37. The second-order valence-electron chi connectivity index (χ2n) is 4.56. The molecule has 1 radical (unpaired) electrons. The molecular weight excluding hydrogens is 361 g/mol. The summed E-state index contributed by atoms with van der Waals surface area (Å²) in [6.07, 6.45) is 4.07. The van der Waals surface area contributed by atoms with E-state index in [1.165, 1.54) is 33.1 Å². The molecule has 9 nitrogen and oxygen atoms in total. The Morgan fingerprint density at radius 1 is 0.833 bits per heavy atom. The van der Waals surface area contributed by atoms with Crippen LogP contribution in [0.1, 0.15) is 47.0 Å². The Labute approximate surface area is 154 Å². The van der Waals surface area contributed by atoms with Gasteiger partial charge in [0.15, 0.2) is 0 Å². The molecule has 0 aromatic carbocycles. The summed E-state index contributed by atoms with van der Waals surface area (Å²) >= 11 is 0. The predicted octanol–water partition coefficient (Wildman–Crippen LogP) is 3.96. The van der Waals surface area contributed by atoms with Crippen LogP contribution in [0, 0.1) is 17.2 Å². The number of allylic oxidation sites excluding steroid dienone is 4. The van der Waals surface area contributed by atoms with Crippen molar-refractivity contribution in [2.45, 2.75) is 47.0 Å². The molecule has 1 heterocycles. The Morgan fingerprint density at radius 2 is 1.17 bits per heavy atom. The molecule has 1 aliphatic rings. The fourth-order valence-corrected chi connectivity index (χ4v) is 1.03. The first-order valence-electron chi connectivity index (χ1n) is 6.89. The zero-order chi connectivity index (χ0) is 17.4. The number of nitroso groups, excluding NO2 is 2. The molecule has 0 spiro atoms. The maximum Gasteiger partial charge on any atom is 2.00 e. The fourth-order valence-electron chi connectivity index (χ4n) is 1.03. The summed E-state index contributed by atoms with van der Waals surface area (Å²) in [6, 6.07) is 0. The number of piperidine rings is 1. The second-order valence-corrected chi connectivity index (χ2v) is 4.56. The predicted molar refractivity (Wildman–Crippen MR) is 91.5 cm³/mol. The van der Waals surface area contributed by atoms with Gasteiger partial charge in [-0.2, -0.15) is 0 Å². The maximum atomic E-state index is 9.65. The van der Waals surface area contributed by atoms with Crippen molar-refractivity contribution < 1.29 is 27.2 Å². The van der Waals surface area contributed by atoms with Gasteiger partial charge in [0, 0.05) is 0 Å². The van der Waals surface area contributed by atoms with Crippen LogP contribution in [0.4, 0.5) is 0 Å². The topological polar surface area (TPSA) is 137 Å². The van der Waals surface area contributed by atoms with Crippen LogP contribution >= 0.6 is 0 Å². The second kappa shape index (κ2) is 21.7. The van der Waals surface area contributed by atoms with Gasteiger partial charge in [-0.3, -0.25) is 21.4 Å². The zero-order valence-corrected chi connectivity index (χ0v) is 16.0. The maximum absolute atomic E-state index is 9.65. The van der Waals surface area contributed by atoms with Crippen LogP contribution < -0.4 is 11.0 Å². The van der Waals surface area contributed by atoms with Crippen LogP contribution in [0.15, 0.2) is 33.1 Å². The fraction of sp³-hybridized carbons (Fsp3) is 0.643. The smallest absolute Gasteiger partial charge is 0.662 e. The Morgan fingerprint density at radius 3 is 1.25 bits per heavy atom. The van der Waals surface area contributed by atoms with E-state index in [-0.39, 0.29) is 35.6 Å². The van der Waals surface area contributed by atoms with Crippen molar-refractivity contribution in [2.24, 2.45) is 10.4 Å². The molecule has 24 heavy (non-hydrogen) atoms. The van der Waals surface area contributed by atoms with Gasteiger partial charge in [-0.05, 0) is 38.0 Å². The Kier molecular flexibility index (Phi) is 27.6. The van der Waals surface area contributed by atoms with Crippen molar-refractivity contribution in [3.63, 3.8) is 0 Å². The number of rotatable bonds is 4. The molecule has 143 valence electrons. The van der Waals surface area contributed by atoms with E-state index in [9.17, 15) is 9.81 Å². The normalized spacial score (nSPS) is 14.2. The van der Waals surface area contributed by atoms with Gasteiger partial charge < -0.3 is 12.7 Å². The van der Waals surface area contributed by atoms with Gasteiger partial charge in [0.25, 0.3) is 0 Å². The summed E-state index contributed by atoms with van der Waals surface area (Å²) in [4.78, 5) is 19.3. The van der Waals surface area contributed by atoms with Crippen LogP contribution in [0.2, 0.25) is 0 Å². The molecule has 0 aliphatic carbocycles. The third-order valence-corrected chi connectivity index (χ3v) is 2.83. The summed E-state index contributed by atoms with van der Waals surface area (Å²) in [5.74, 6) is 0. The minimum atomic E-state index is 0. The number of hydroxylamine groups is 2. The first kappa shape index (κ1) is 30.5. The summed E-state index contributed by atoms with van der Waals surface area (Å²) < 4.78 is 0. The number of hydrogen-bond acceptors (Lipinski definition) is 8. The third kappa shape index (κ3) is 18.7. The van der Waals surface area contributed by atoms with Crippen molar-refractivity contribution in [3.05, 3.63) is 45.3 Å². The van der Waals surface area contributed by atoms with Crippen LogP contribution in [-0.2, 0) is 16.8 Å². The summed E-state index contributed by atoms with van der Waals surface area (Å²) in [5, 5.41) is 25.6. The average molecular weight is 390 g/mol.